The molecule has 19 heavy (non-hydrogen) atoms. The summed E-state index contributed by atoms with van der Waals surface area (Å²) >= 11 is 6.29. The van der Waals surface area contributed by atoms with Crippen LogP contribution in [0.4, 0.5) is 5.69 Å². The lowest BCUT2D eigenvalue weighted by atomic mass is 10.1. The van der Waals surface area contributed by atoms with Gasteiger partial charge in [0.25, 0.3) is 0 Å². The van der Waals surface area contributed by atoms with Crippen LogP contribution in [-0.4, -0.2) is 30.1 Å². The maximum Gasteiger partial charge on any atom is 0.242 e. The summed E-state index contributed by atoms with van der Waals surface area (Å²) < 4.78 is 0. The number of amides is 1. The molecule has 1 saturated heterocycles. The number of carbonyl (C=O) groups excluding carboxylic acids is 1. The number of rotatable bonds is 3. The van der Waals surface area contributed by atoms with E-state index in [1.807, 2.05) is 24.0 Å². The van der Waals surface area contributed by atoms with Crippen molar-refractivity contribution in [3.05, 3.63) is 28.8 Å². The number of halogens is 1. The van der Waals surface area contributed by atoms with Gasteiger partial charge in [0.05, 0.1) is 16.8 Å². The number of nitrogens with zero attached hydrogens (tertiary/aromatic N) is 1. The van der Waals surface area contributed by atoms with Gasteiger partial charge in [-0.1, -0.05) is 24.6 Å². The van der Waals surface area contributed by atoms with E-state index in [1.165, 1.54) is 0 Å². The summed E-state index contributed by atoms with van der Waals surface area (Å²) in [5.41, 5.74) is 1.64. The molecule has 1 amide bonds. The summed E-state index contributed by atoms with van der Waals surface area (Å²) in [6.45, 7) is 5.07. The van der Waals surface area contributed by atoms with Crippen molar-refractivity contribution in [2.24, 2.45) is 0 Å². The van der Waals surface area contributed by atoms with Gasteiger partial charge in [0.2, 0.25) is 5.91 Å². The van der Waals surface area contributed by atoms with Crippen LogP contribution in [0.1, 0.15) is 31.9 Å². The summed E-state index contributed by atoms with van der Waals surface area (Å²) in [7, 11) is 0. The number of carbonyl (C=O) groups is 1. The Hall–Kier alpha value is -1.26. The number of piperazine rings is 1. The molecule has 1 aromatic rings. The average molecular weight is 283 g/mol. The molecule has 1 aliphatic heterocycles. The summed E-state index contributed by atoms with van der Waals surface area (Å²) in [6.07, 6.45) is 0.193. The molecule has 0 radical (unpaired) electrons. The molecule has 1 aromatic carbocycles. The minimum atomic E-state index is -0.543. The van der Waals surface area contributed by atoms with Gasteiger partial charge in [0.1, 0.15) is 6.04 Å². The average Bonchev–Trinajstić information content (AvgIpc) is 2.38. The van der Waals surface area contributed by atoms with Crippen molar-refractivity contribution in [1.82, 2.24) is 5.32 Å². The highest BCUT2D eigenvalue weighted by molar-refractivity contribution is 6.33. The van der Waals surface area contributed by atoms with Gasteiger partial charge in [-0.05, 0) is 31.0 Å². The van der Waals surface area contributed by atoms with Gasteiger partial charge in [-0.2, -0.15) is 0 Å². The fourth-order valence-electron chi connectivity index (χ4n) is 2.42. The number of aliphatic hydroxyl groups is 1. The van der Waals surface area contributed by atoms with Crippen LogP contribution in [0.15, 0.2) is 18.2 Å². The lowest BCUT2D eigenvalue weighted by Gasteiger charge is -2.37. The topological polar surface area (TPSA) is 52.6 Å². The molecule has 104 valence electrons. The normalized spacial score (nSPS) is 21.2. The predicted octanol–water partition coefficient (Wildman–Crippen LogP) is 2.11. The molecule has 0 saturated carbocycles. The minimum absolute atomic E-state index is 0.0458. The maximum absolute atomic E-state index is 11.9. The zero-order valence-corrected chi connectivity index (χ0v) is 11.9. The molecule has 0 aliphatic carbocycles. The Labute approximate surface area is 118 Å². The van der Waals surface area contributed by atoms with Gasteiger partial charge in [-0.25, -0.2) is 0 Å². The summed E-state index contributed by atoms with van der Waals surface area (Å²) in [5, 5.41) is 13.0. The molecular weight excluding hydrogens is 264 g/mol. The predicted molar refractivity (Wildman–Crippen MR) is 76.5 cm³/mol. The number of aliphatic hydroxyl groups excluding tert-OH is 1. The third kappa shape index (κ3) is 2.85. The van der Waals surface area contributed by atoms with E-state index in [2.05, 4.69) is 5.32 Å². The fraction of sp³-hybridized carbons (Fsp3) is 0.500. The van der Waals surface area contributed by atoms with Gasteiger partial charge in [-0.3, -0.25) is 4.79 Å². The van der Waals surface area contributed by atoms with Gasteiger partial charge in [-0.15, -0.1) is 0 Å². The van der Waals surface area contributed by atoms with E-state index in [1.54, 1.807) is 13.0 Å². The van der Waals surface area contributed by atoms with Crippen LogP contribution < -0.4 is 10.2 Å². The van der Waals surface area contributed by atoms with Crippen molar-refractivity contribution in [3.8, 4) is 0 Å². The molecule has 1 heterocycles. The number of anilines is 1. The van der Waals surface area contributed by atoms with Crippen LogP contribution in [0.3, 0.4) is 0 Å². The second-order valence-corrected chi connectivity index (χ2v) is 5.20. The van der Waals surface area contributed by atoms with Crippen molar-refractivity contribution >= 4 is 23.2 Å². The van der Waals surface area contributed by atoms with E-state index in [9.17, 15) is 9.90 Å². The lowest BCUT2D eigenvalue weighted by molar-refractivity contribution is -0.123. The van der Waals surface area contributed by atoms with E-state index >= 15 is 0 Å². The Balaban J connectivity index is 2.32. The maximum atomic E-state index is 11.9. The zero-order valence-electron chi connectivity index (χ0n) is 11.2. The zero-order chi connectivity index (χ0) is 14.0. The number of hydrogen-bond donors (Lipinski definition) is 2. The van der Waals surface area contributed by atoms with E-state index in [-0.39, 0.29) is 11.9 Å². The van der Waals surface area contributed by atoms with Gasteiger partial charge >= 0.3 is 0 Å². The molecule has 1 aliphatic rings. The molecule has 2 atom stereocenters. The van der Waals surface area contributed by atoms with Crippen LogP contribution in [0, 0.1) is 0 Å². The van der Waals surface area contributed by atoms with Crippen LogP contribution in [0.25, 0.3) is 0 Å². The number of hydrogen-bond acceptors (Lipinski definition) is 3. The molecule has 2 rings (SSSR count). The van der Waals surface area contributed by atoms with E-state index in [0.717, 1.165) is 24.2 Å². The summed E-state index contributed by atoms with van der Waals surface area (Å²) in [4.78, 5) is 13.9. The molecule has 0 spiro atoms. The second-order valence-electron chi connectivity index (χ2n) is 4.80. The van der Waals surface area contributed by atoms with E-state index in [4.69, 9.17) is 11.6 Å². The van der Waals surface area contributed by atoms with Gasteiger partial charge in [0.15, 0.2) is 0 Å². The van der Waals surface area contributed by atoms with Crippen molar-refractivity contribution < 1.29 is 9.90 Å². The first-order valence-electron chi connectivity index (χ1n) is 6.56. The highest BCUT2D eigenvalue weighted by Gasteiger charge is 2.29. The molecule has 0 bridgehead atoms. The summed E-state index contributed by atoms with van der Waals surface area (Å²) in [5.74, 6) is 0.0458. The highest BCUT2D eigenvalue weighted by Crippen LogP contribution is 2.31. The third-order valence-electron chi connectivity index (χ3n) is 3.48. The molecular formula is C14H19ClN2O2. The quantitative estimate of drug-likeness (QED) is 0.893. The first-order chi connectivity index (χ1) is 9.04. The Kier molecular flexibility index (Phi) is 4.32. The highest BCUT2D eigenvalue weighted by atomic mass is 35.5. The van der Waals surface area contributed by atoms with Crippen molar-refractivity contribution in [2.45, 2.75) is 32.4 Å². The smallest absolute Gasteiger partial charge is 0.242 e. The van der Waals surface area contributed by atoms with Crippen LogP contribution >= 0.6 is 11.6 Å². The molecule has 5 heteroatoms. The van der Waals surface area contributed by atoms with Gasteiger partial charge in [0, 0.05) is 13.1 Å². The SMILES string of the molecule is CCC1C(=O)NCCN1c1ccc(C(C)O)cc1Cl. The fourth-order valence-corrected chi connectivity index (χ4v) is 2.72. The molecule has 0 aromatic heterocycles. The largest absolute Gasteiger partial charge is 0.389 e. The van der Waals surface area contributed by atoms with E-state index in [0.29, 0.717) is 11.6 Å². The lowest BCUT2D eigenvalue weighted by Crippen LogP contribution is -2.55. The van der Waals surface area contributed by atoms with Crippen molar-refractivity contribution in [3.63, 3.8) is 0 Å². The van der Waals surface area contributed by atoms with Crippen LogP contribution in [-0.2, 0) is 4.79 Å². The van der Waals surface area contributed by atoms with E-state index < -0.39 is 6.10 Å². The molecule has 2 unspecified atom stereocenters. The van der Waals surface area contributed by atoms with Crippen molar-refractivity contribution in [1.29, 1.82) is 0 Å². The van der Waals surface area contributed by atoms with Crippen LogP contribution in [0.5, 0.6) is 0 Å². The first-order valence-corrected chi connectivity index (χ1v) is 6.94. The Morgan fingerprint density at radius 3 is 2.89 bits per heavy atom. The standard InChI is InChI=1S/C14H19ClN2O2/c1-3-12-14(19)16-6-7-17(12)13-5-4-10(9(2)18)8-11(13)15/h4-5,8-9,12,18H,3,6-7H2,1-2H3,(H,16,19). The number of nitrogens with one attached hydrogen (secondary N) is 1. The Morgan fingerprint density at radius 1 is 1.58 bits per heavy atom. The molecule has 2 N–H and O–H groups in total. The Bertz CT molecular complexity index is 477. The first kappa shape index (κ1) is 14.2. The van der Waals surface area contributed by atoms with Gasteiger partial charge < -0.3 is 15.3 Å². The minimum Gasteiger partial charge on any atom is -0.389 e. The van der Waals surface area contributed by atoms with Crippen molar-refractivity contribution in [2.75, 3.05) is 18.0 Å². The monoisotopic (exact) mass is 282 g/mol. The molecule has 1 fully saturated rings. The van der Waals surface area contributed by atoms with Crippen LogP contribution in [0.2, 0.25) is 5.02 Å². The number of benzene rings is 1. The Morgan fingerprint density at radius 2 is 2.32 bits per heavy atom. The second kappa shape index (κ2) is 5.80. The molecule has 4 nitrogen and oxygen atoms in total. The third-order valence-corrected chi connectivity index (χ3v) is 3.78. The summed E-state index contributed by atoms with van der Waals surface area (Å²) in [6, 6.07) is 5.32.